The van der Waals surface area contributed by atoms with E-state index in [1.807, 2.05) is 19.1 Å². The number of nitrogens with one attached hydrogen (secondary N) is 1. The maximum Gasteiger partial charge on any atom is 0.246 e. The molecule has 0 aliphatic carbocycles. The third-order valence-electron chi connectivity index (χ3n) is 3.92. The summed E-state index contributed by atoms with van der Waals surface area (Å²) in [6, 6.07) is 8.23. The summed E-state index contributed by atoms with van der Waals surface area (Å²) in [6.45, 7) is 3.41. The van der Waals surface area contributed by atoms with Crippen LogP contribution in [-0.4, -0.2) is 31.8 Å². The van der Waals surface area contributed by atoms with Gasteiger partial charge in [0.05, 0.1) is 18.8 Å². The van der Waals surface area contributed by atoms with Crippen LogP contribution in [0.3, 0.4) is 0 Å². The summed E-state index contributed by atoms with van der Waals surface area (Å²) in [5, 5.41) is 6.32. The largest absolute Gasteiger partial charge is 0.376 e. The number of carbonyl (C=O) groups is 1. The van der Waals surface area contributed by atoms with Crippen LogP contribution >= 0.6 is 11.3 Å². The first kappa shape index (κ1) is 15.5. The topological polar surface area (TPSA) is 47.6 Å². The van der Waals surface area contributed by atoms with E-state index in [1.165, 1.54) is 10.1 Å². The van der Waals surface area contributed by atoms with Gasteiger partial charge in [-0.25, -0.2) is 0 Å². The van der Waals surface area contributed by atoms with Crippen molar-refractivity contribution in [2.45, 2.75) is 31.9 Å². The van der Waals surface area contributed by atoms with E-state index in [4.69, 9.17) is 9.47 Å². The molecule has 1 aromatic carbocycles. The average Bonchev–Trinajstić information content (AvgIpc) is 3.16. The van der Waals surface area contributed by atoms with Crippen LogP contribution in [0, 0.1) is 0 Å². The van der Waals surface area contributed by atoms with E-state index in [9.17, 15) is 4.79 Å². The van der Waals surface area contributed by atoms with Gasteiger partial charge in [-0.1, -0.05) is 18.2 Å². The number of hydrogen-bond acceptors (Lipinski definition) is 4. The number of rotatable bonds is 6. The number of fused-ring (bicyclic) bond motifs is 1. The van der Waals surface area contributed by atoms with E-state index in [0.717, 1.165) is 25.0 Å². The SMILES string of the molecule is C[C@H](NC(=O)COC[C@@H]1CCCO1)c1csc2ccccc12. The molecule has 1 amide bonds. The molecule has 0 unspecified atom stereocenters. The quantitative estimate of drug-likeness (QED) is 0.889. The van der Waals surface area contributed by atoms with Gasteiger partial charge in [-0.2, -0.15) is 0 Å². The highest BCUT2D eigenvalue weighted by atomic mass is 32.1. The molecule has 1 aliphatic rings. The van der Waals surface area contributed by atoms with Crippen molar-refractivity contribution in [3.63, 3.8) is 0 Å². The zero-order valence-corrected chi connectivity index (χ0v) is 13.5. The van der Waals surface area contributed by atoms with E-state index in [0.29, 0.717) is 6.61 Å². The van der Waals surface area contributed by atoms with Crippen molar-refractivity contribution >= 4 is 27.3 Å². The standard InChI is InChI=1S/C17H21NO3S/c1-12(15-11-22-16-7-3-2-6-14(15)16)18-17(19)10-20-9-13-5-4-8-21-13/h2-3,6-7,11-13H,4-5,8-10H2,1H3,(H,18,19)/t12-,13-/m0/s1. The first-order valence-corrected chi connectivity index (χ1v) is 8.57. The smallest absolute Gasteiger partial charge is 0.246 e. The second kappa shape index (κ2) is 7.22. The van der Waals surface area contributed by atoms with Gasteiger partial charge in [0.2, 0.25) is 5.91 Å². The Morgan fingerprint density at radius 2 is 2.36 bits per heavy atom. The minimum atomic E-state index is -0.0826. The fraction of sp³-hybridized carbons (Fsp3) is 0.471. The van der Waals surface area contributed by atoms with Crippen LogP contribution in [0.1, 0.15) is 31.4 Å². The first-order chi connectivity index (χ1) is 10.7. The number of thiophene rings is 1. The lowest BCUT2D eigenvalue weighted by Crippen LogP contribution is -2.31. The molecule has 0 radical (unpaired) electrons. The van der Waals surface area contributed by atoms with Crippen molar-refractivity contribution in [1.82, 2.24) is 5.32 Å². The molecular weight excluding hydrogens is 298 g/mol. The lowest BCUT2D eigenvalue weighted by Gasteiger charge is -2.14. The van der Waals surface area contributed by atoms with Gasteiger partial charge in [0.1, 0.15) is 6.61 Å². The number of amides is 1. The molecule has 4 nitrogen and oxygen atoms in total. The van der Waals surface area contributed by atoms with E-state index < -0.39 is 0 Å². The van der Waals surface area contributed by atoms with Crippen LogP contribution in [-0.2, 0) is 14.3 Å². The van der Waals surface area contributed by atoms with Crippen molar-refractivity contribution in [3.05, 3.63) is 35.2 Å². The van der Waals surface area contributed by atoms with E-state index in [-0.39, 0.29) is 24.7 Å². The molecule has 0 bridgehead atoms. The third-order valence-corrected chi connectivity index (χ3v) is 4.90. The lowest BCUT2D eigenvalue weighted by atomic mass is 10.1. The van der Waals surface area contributed by atoms with Gasteiger partial charge in [-0.3, -0.25) is 4.79 Å². The van der Waals surface area contributed by atoms with E-state index in [1.54, 1.807) is 11.3 Å². The normalized spacial score (nSPS) is 19.4. The van der Waals surface area contributed by atoms with Crippen molar-refractivity contribution in [1.29, 1.82) is 0 Å². The molecule has 1 saturated heterocycles. The Hall–Kier alpha value is -1.43. The summed E-state index contributed by atoms with van der Waals surface area (Å²) in [5.41, 5.74) is 1.16. The van der Waals surface area contributed by atoms with Crippen molar-refractivity contribution < 1.29 is 14.3 Å². The molecule has 3 rings (SSSR count). The summed E-state index contributed by atoms with van der Waals surface area (Å²) in [7, 11) is 0. The van der Waals surface area contributed by atoms with Crippen LogP contribution in [0.4, 0.5) is 0 Å². The molecule has 2 heterocycles. The molecule has 1 aromatic heterocycles. The monoisotopic (exact) mass is 319 g/mol. The summed E-state index contributed by atoms with van der Waals surface area (Å²) < 4.78 is 12.2. The minimum absolute atomic E-state index is 0.0185. The molecule has 2 aromatic rings. The molecule has 1 N–H and O–H groups in total. The number of benzene rings is 1. The fourth-order valence-corrected chi connectivity index (χ4v) is 3.81. The predicted molar refractivity (Wildman–Crippen MR) is 88.2 cm³/mol. The lowest BCUT2D eigenvalue weighted by molar-refractivity contribution is -0.127. The second-order valence-corrected chi connectivity index (χ2v) is 6.54. The van der Waals surface area contributed by atoms with Crippen LogP contribution < -0.4 is 5.32 Å². The molecule has 118 valence electrons. The molecule has 0 spiro atoms. The molecule has 1 aliphatic heterocycles. The number of carbonyl (C=O) groups excluding carboxylic acids is 1. The molecule has 2 atom stereocenters. The van der Waals surface area contributed by atoms with Gasteiger partial charge in [0, 0.05) is 11.3 Å². The highest BCUT2D eigenvalue weighted by Gasteiger charge is 2.17. The van der Waals surface area contributed by atoms with Gasteiger partial charge < -0.3 is 14.8 Å². The van der Waals surface area contributed by atoms with Crippen LogP contribution in [0.2, 0.25) is 0 Å². The Labute approximate surface area is 134 Å². The Balaban J connectivity index is 1.50. The van der Waals surface area contributed by atoms with Gasteiger partial charge in [-0.15, -0.1) is 11.3 Å². The van der Waals surface area contributed by atoms with Gasteiger partial charge in [0.25, 0.3) is 0 Å². The Morgan fingerprint density at radius 3 is 3.18 bits per heavy atom. The number of ether oxygens (including phenoxy) is 2. The first-order valence-electron chi connectivity index (χ1n) is 7.69. The Morgan fingerprint density at radius 1 is 1.50 bits per heavy atom. The van der Waals surface area contributed by atoms with Gasteiger partial charge >= 0.3 is 0 Å². The summed E-state index contributed by atoms with van der Waals surface area (Å²) in [5.74, 6) is -0.0826. The maximum atomic E-state index is 12.0. The highest BCUT2D eigenvalue weighted by molar-refractivity contribution is 7.17. The molecule has 22 heavy (non-hydrogen) atoms. The summed E-state index contributed by atoms with van der Waals surface area (Å²) >= 11 is 1.70. The summed E-state index contributed by atoms with van der Waals surface area (Å²) in [6.07, 6.45) is 2.27. The van der Waals surface area contributed by atoms with Crippen molar-refractivity contribution in [2.75, 3.05) is 19.8 Å². The van der Waals surface area contributed by atoms with Crippen LogP contribution in [0.15, 0.2) is 29.6 Å². The van der Waals surface area contributed by atoms with Crippen molar-refractivity contribution in [3.8, 4) is 0 Å². The zero-order chi connectivity index (χ0) is 15.4. The Kier molecular flexibility index (Phi) is 5.08. The van der Waals surface area contributed by atoms with Gasteiger partial charge in [-0.05, 0) is 42.2 Å². The Bertz CT molecular complexity index is 634. The molecule has 5 heteroatoms. The van der Waals surface area contributed by atoms with E-state index >= 15 is 0 Å². The predicted octanol–water partition coefficient (Wildman–Crippen LogP) is 3.27. The molecular formula is C17H21NO3S. The minimum Gasteiger partial charge on any atom is -0.376 e. The summed E-state index contributed by atoms with van der Waals surface area (Å²) in [4.78, 5) is 12.0. The molecule has 0 saturated carbocycles. The van der Waals surface area contributed by atoms with Gasteiger partial charge in [0.15, 0.2) is 0 Å². The van der Waals surface area contributed by atoms with Crippen LogP contribution in [0.25, 0.3) is 10.1 Å². The van der Waals surface area contributed by atoms with Crippen LogP contribution in [0.5, 0.6) is 0 Å². The molecule has 1 fully saturated rings. The van der Waals surface area contributed by atoms with E-state index in [2.05, 4.69) is 22.8 Å². The average molecular weight is 319 g/mol. The van der Waals surface area contributed by atoms with Crippen molar-refractivity contribution in [2.24, 2.45) is 0 Å². The maximum absolute atomic E-state index is 12.0. The number of hydrogen-bond donors (Lipinski definition) is 1. The second-order valence-electron chi connectivity index (χ2n) is 5.63. The third kappa shape index (κ3) is 3.66. The fourth-order valence-electron chi connectivity index (χ4n) is 2.75. The zero-order valence-electron chi connectivity index (χ0n) is 12.7. The highest BCUT2D eigenvalue weighted by Crippen LogP contribution is 2.29.